The molecule has 2 N–H and O–H groups in total. The fourth-order valence-electron chi connectivity index (χ4n) is 2.98. The molecule has 4 nitrogen and oxygen atoms in total. The predicted octanol–water partition coefficient (Wildman–Crippen LogP) is 4.89. The third-order valence-electron chi connectivity index (χ3n) is 4.17. The van der Waals surface area contributed by atoms with Crippen LogP contribution < -0.4 is 10.2 Å². The molecule has 0 bridgehead atoms. The van der Waals surface area contributed by atoms with Crippen LogP contribution in [-0.2, 0) is 4.79 Å². The Kier molecular flexibility index (Phi) is 5.65. The first kappa shape index (κ1) is 19.4. The lowest BCUT2D eigenvalue weighted by atomic mass is 9.89. The summed E-state index contributed by atoms with van der Waals surface area (Å²) in [4.78, 5) is 12.2. The van der Waals surface area contributed by atoms with Crippen LogP contribution in [0.3, 0.4) is 0 Å². The van der Waals surface area contributed by atoms with Crippen LogP contribution in [-0.4, -0.2) is 17.5 Å². The van der Waals surface area contributed by atoms with E-state index in [1.54, 1.807) is 66.1 Å². The number of alkyl halides is 3. The lowest BCUT2D eigenvalue weighted by Gasteiger charge is -2.17. The van der Waals surface area contributed by atoms with Gasteiger partial charge in [0.25, 0.3) is 5.91 Å². The number of ether oxygens (including phenoxy) is 1. The van der Waals surface area contributed by atoms with E-state index in [0.29, 0.717) is 16.7 Å². The second kappa shape index (κ2) is 8.14. The number of benzene rings is 3. The number of carbonyl (C=O) groups is 1. The van der Waals surface area contributed by atoms with Gasteiger partial charge in [-0.1, -0.05) is 72.8 Å². The van der Waals surface area contributed by atoms with Crippen molar-refractivity contribution >= 4 is 5.91 Å². The van der Waals surface area contributed by atoms with Gasteiger partial charge in [0.15, 0.2) is 0 Å². The van der Waals surface area contributed by atoms with Crippen molar-refractivity contribution in [2.75, 3.05) is 0 Å². The molecule has 144 valence electrons. The minimum absolute atomic E-state index is 0.272. The molecule has 0 saturated heterocycles. The van der Waals surface area contributed by atoms with E-state index in [1.165, 1.54) is 18.2 Å². The zero-order chi connectivity index (χ0) is 20.1. The summed E-state index contributed by atoms with van der Waals surface area (Å²) >= 11 is 0. The maximum absolute atomic E-state index is 12.6. The number of rotatable bonds is 5. The normalized spacial score (nSPS) is 12.3. The zero-order valence-corrected chi connectivity index (χ0v) is 14.5. The van der Waals surface area contributed by atoms with Gasteiger partial charge in [0.05, 0.1) is 5.92 Å². The number of halogens is 3. The molecule has 0 saturated carbocycles. The van der Waals surface area contributed by atoms with Gasteiger partial charge in [-0.2, -0.15) is 0 Å². The number of hydroxylamine groups is 1. The number of carbonyl (C=O) groups excluding carboxylic acids is 1. The number of para-hydroxylation sites is 1. The van der Waals surface area contributed by atoms with Gasteiger partial charge >= 0.3 is 6.36 Å². The van der Waals surface area contributed by atoms with Crippen LogP contribution in [0, 0.1) is 0 Å². The molecule has 0 aliphatic carbocycles. The Morgan fingerprint density at radius 1 is 0.857 bits per heavy atom. The smallest absolute Gasteiger partial charge is 0.405 e. The Hall–Kier alpha value is -3.32. The van der Waals surface area contributed by atoms with Crippen LogP contribution in [0.2, 0.25) is 0 Å². The van der Waals surface area contributed by atoms with E-state index in [9.17, 15) is 18.0 Å². The van der Waals surface area contributed by atoms with Crippen molar-refractivity contribution in [3.8, 4) is 16.9 Å². The molecular formula is C21H16F3NO3. The Morgan fingerprint density at radius 2 is 1.43 bits per heavy atom. The van der Waals surface area contributed by atoms with Gasteiger partial charge in [0.1, 0.15) is 5.75 Å². The summed E-state index contributed by atoms with van der Waals surface area (Å²) in [5.41, 5.74) is 3.68. The lowest BCUT2D eigenvalue weighted by molar-refractivity contribution is -0.274. The molecule has 0 heterocycles. The van der Waals surface area contributed by atoms with Crippen LogP contribution in [0.5, 0.6) is 5.75 Å². The highest BCUT2D eigenvalue weighted by Gasteiger charge is 2.32. The van der Waals surface area contributed by atoms with E-state index in [1.807, 2.05) is 0 Å². The monoisotopic (exact) mass is 387 g/mol. The molecule has 0 aromatic heterocycles. The molecule has 0 radical (unpaired) electrons. The van der Waals surface area contributed by atoms with Crippen LogP contribution >= 0.6 is 0 Å². The quantitative estimate of drug-likeness (QED) is 0.484. The van der Waals surface area contributed by atoms with E-state index < -0.39 is 18.2 Å². The molecular weight excluding hydrogens is 371 g/mol. The zero-order valence-electron chi connectivity index (χ0n) is 14.5. The van der Waals surface area contributed by atoms with Gasteiger partial charge in [-0.25, -0.2) is 5.48 Å². The van der Waals surface area contributed by atoms with Crippen molar-refractivity contribution in [1.29, 1.82) is 0 Å². The summed E-state index contributed by atoms with van der Waals surface area (Å²) in [5.74, 6) is -1.68. The summed E-state index contributed by atoms with van der Waals surface area (Å²) in [7, 11) is 0. The number of hydrogen-bond donors (Lipinski definition) is 2. The summed E-state index contributed by atoms with van der Waals surface area (Å²) in [6.45, 7) is 0. The average Bonchev–Trinajstić information content (AvgIpc) is 2.69. The SMILES string of the molecule is O=C(NO)C(c1ccccc1)c1ccc(-c2ccccc2OC(F)(F)F)cc1. The third-order valence-corrected chi connectivity index (χ3v) is 4.17. The second-order valence-electron chi connectivity index (χ2n) is 5.99. The van der Waals surface area contributed by atoms with Crippen molar-refractivity contribution in [2.24, 2.45) is 0 Å². The largest absolute Gasteiger partial charge is 0.573 e. The maximum atomic E-state index is 12.6. The van der Waals surface area contributed by atoms with Gasteiger partial charge in [0.2, 0.25) is 0 Å². The lowest BCUT2D eigenvalue weighted by Crippen LogP contribution is -2.27. The first-order valence-electron chi connectivity index (χ1n) is 8.33. The van der Waals surface area contributed by atoms with Crippen molar-refractivity contribution < 1.29 is 27.9 Å². The molecule has 0 aliphatic heterocycles. The maximum Gasteiger partial charge on any atom is 0.573 e. The fourth-order valence-corrected chi connectivity index (χ4v) is 2.98. The Balaban J connectivity index is 1.96. The Bertz CT molecular complexity index is 941. The van der Waals surface area contributed by atoms with E-state index in [0.717, 1.165) is 0 Å². The van der Waals surface area contributed by atoms with Crippen molar-refractivity contribution in [2.45, 2.75) is 12.3 Å². The molecule has 1 unspecified atom stereocenters. The highest BCUT2D eigenvalue weighted by molar-refractivity contribution is 5.86. The van der Waals surface area contributed by atoms with Gasteiger partial charge in [-0.3, -0.25) is 10.0 Å². The third kappa shape index (κ3) is 4.50. The van der Waals surface area contributed by atoms with Gasteiger partial charge in [-0.05, 0) is 22.8 Å². The highest BCUT2D eigenvalue weighted by Crippen LogP contribution is 2.35. The topological polar surface area (TPSA) is 58.6 Å². The first-order chi connectivity index (χ1) is 13.4. The second-order valence-corrected chi connectivity index (χ2v) is 5.99. The molecule has 0 spiro atoms. The molecule has 0 aliphatic rings. The van der Waals surface area contributed by atoms with Gasteiger partial charge in [0, 0.05) is 5.56 Å². The summed E-state index contributed by atoms with van der Waals surface area (Å²) < 4.78 is 42.0. The number of amides is 1. The van der Waals surface area contributed by atoms with Crippen molar-refractivity contribution in [3.05, 3.63) is 90.0 Å². The molecule has 3 rings (SSSR count). The summed E-state index contributed by atoms with van der Waals surface area (Å²) in [6, 6.07) is 21.1. The number of nitrogens with one attached hydrogen (secondary N) is 1. The minimum atomic E-state index is -4.80. The van der Waals surface area contributed by atoms with E-state index in [-0.39, 0.29) is 11.3 Å². The summed E-state index contributed by atoms with van der Waals surface area (Å²) in [6.07, 6.45) is -4.80. The Morgan fingerprint density at radius 3 is 2.04 bits per heavy atom. The first-order valence-corrected chi connectivity index (χ1v) is 8.33. The molecule has 3 aromatic rings. The van der Waals surface area contributed by atoms with Crippen molar-refractivity contribution in [1.82, 2.24) is 5.48 Å². The highest BCUT2D eigenvalue weighted by atomic mass is 19.4. The summed E-state index contributed by atoms with van der Waals surface area (Å²) in [5, 5.41) is 9.08. The molecule has 1 amide bonds. The van der Waals surface area contributed by atoms with Crippen LogP contribution in [0.1, 0.15) is 17.0 Å². The van der Waals surface area contributed by atoms with E-state index >= 15 is 0 Å². The molecule has 1 atom stereocenters. The fraction of sp³-hybridized carbons (Fsp3) is 0.0952. The molecule has 28 heavy (non-hydrogen) atoms. The van der Waals surface area contributed by atoms with E-state index in [4.69, 9.17) is 5.21 Å². The van der Waals surface area contributed by atoms with Gasteiger partial charge < -0.3 is 4.74 Å². The number of hydrogen-bond acceptors (Lipinski definition) is 3. The van der Waals surface area contributed by atoms with Crippen molar-refractivity contribution in [3.63, 3.8) is 0 Å². The van der Waals surface area contributed by atoms with E-state index in [2.05, 4.69) is 4.74 Å². The van der Waals surface area contributed by atoms with Crippen LogP contribution in [0.4, 0.5) is 13.2 Å². The molecule has 3 aromatic carbocycles. The predicted molar refractivity (Wildman–Crippen MR) is 96.8 cm³/mol. The standard InChI is InChI=1S/C21H16F3NO3/c22-21(23,24)28-18-9-5-4-8-17(18)14-10-12-16(13-11-14)19(20(26)25-27)15-6-2-1-3-7-15/h1-13,19,27H,(H,25,26). The van der Waals surface area contributed by atoms with Crippen LogP contribution in [0.15, 0.2) is 78.9 Å². The van der Waals surface area contributed by atoms with Gasteiger partial charge in [-0.15, -0.1) is 13.2 Å². The molecule has 0 fully saturated rings. The van der Waals surface area contributed by atoms with Crippen LogP contribution in [0.25, 0.3) is 11.1 Å². The minimum Gasteiger partial charge on any atom is -0.405 e. The Labute approximate surface area is 159 Å². The molecule has 7 heteroatoms. The average molecular weight is 387 g/mol.